The van der Waals surface area contributed by atoms with Crippen LogP contribution < -0.4 is 10.7 Å². The van der Waals surface area contributed by atoms with Crippen molar-refractivity contribution in [3.8, 4) is 11.8 Å². The van der Waals surface area contributed by atoms with E-state index in [0.29, 0.717) is 16.0 Å². The van der Waals surface area contributed by atoms with Crippen molar-refractivity contribution in [3.63, 3.8) is 0 Å². The summed E-state index contributed by atoms with van der Waals surface area (Å²) in [6, 6.07) is 13.1. The molecular weight excluding hydrogens is 343 g/mol. The minimum atomic E-state index is 0.504. The molecule has 0 atom stereocenters. The van der Waals surface area contributed by atoms with E-state index in [1.807, 2.05) is 30.3 Å². The van der Waals surface area contributed by atoms with Gasteiger partial charge in [-0.1, -0.05) is 47.2 Å². The summed E-state index contributed by atoms with van der Waals surface area (Å²) in [5, 5.41) is 8.24. The Morgan fingerprint density at radius 3 is 2.50 bits per heavy atom. The third-order valence-corrected chi connectivity index (χ3v) is 3.98. The second kappa shape index (κ2) is 7.87. The highest BCUT2D eigenvalue weighted by Crippen LogP contribution is 2.22. The zero-order chi connectivity index (χ0) is 16.8. The van der Waals surface area contributed by atoms with Gasteiger partial charge < -0.3 is 5.32 Å². The lowest BCUT2D eigenvalue weighted by Crippen LogP contribution is -2.30. The van der Waals surface area contributed by atoms with Crippen LogP contribution in [-0.4, -0.2) is 25.3 Å². The van der Waals surface area contributed by atoms with Crippen LogP contribution in [0, 0.1) is 11.8 Å². The van der Waals surface area contributed by atoms with Crippen LogP contribution in [0.2, 0.25) is 10.0 Å². The van der Waals surface area contributed by atoms with Crippen molar-refractivity contribution in [1.82, 2.24) is 10.7 Å². The van der Waals surface area contributed by atoms with E-state index in [1.165, 1.54) is 0 Å². The monoisotopic (exact) mass is 356 g/mol. The van der Waals surface area contributed by atoms with Gasteiger partial charge in [0.25, 0.3) is 0 Å². The molecule has 0 saturated heterocycles. The molecular formula is C18H14Cl2N4. The Kier molecular flexibility index (Phi) is 5.37. The molecule has 0 spiro atoms. The van der Waals surface area contributed by atoms with Crippen LogP contribution in [0.3, 0.4) is 0 Å². The Bertz CT molecular complexity index is 846. The van der Waals surface area contributed by atoms with E-state index in [9.17, 15) is 0 Å². The predicted octanol–water partition coefficient (Wildman–Crippen LogP) is 3.28. The van der Waals surface area contributed by atoms with Crippen molar-refractivity contribution in [2.24, 2.45) is 10.1 Å². The molecule has 4 nitrogen and oxygen atoms in total. The standard InChI is InChI=1S/C18H14Cl2N4/c19-16-8-7-14(11-17(16)20)4-1-13-2-5-15(6-3-13)12-23-24-18-21-9-10-22-18/h2-3,5-8,11-12H,9-10H2,(H2,21,22,24)/b23-12+. The number of hydrazone groups is 1. The van der Waals surface area contributed by atoms with Crippen LogP contribution in [0.1, 0.15) is 16.7 Å². The molecule has 24 heavy (non-hydrogen) atoms. The highest BCUT2D eigenvalue weighted by molar-refractivity contribution is 6.42. The lowest BCUT2D eigenvalue weighted by molar-refractivity contribution is 0.920. The Hall–Kier alpha value is -2.48. The highest BCUT2D eigenvalue weighted by atomic mass is 35.5. The molecule has 1 aliphatic heterocycles. The van der Waals surface area contributed by atoms with Crippen LogP contribution in [0.4, 0.5) is 0 Å². The van der Waals surface area contributed by atoms with Gasteiger partial charge in [0, 0.05) is 17.7 Å². The number of benzene rings is 2. The predicted molar refractivity (Wildman–Crippen MR) is 99.9 cm³/mol. The highest BCUT2D eigenvalue weighted by Gasteiger charge is 2.01. The van der Waals surface area contributed by atoms with Crippen molar-refractivity contribution in [2.75, 3.05) is 13.1 Å². The lowest BCUT2D eigenvalue weighted by Gasteiger charge is -1.99. The SMILES string of the molecule is Clc1ccc(C#Cc2ccc(/C=N/NC3=NCCN3)cc2)cc1Cl. The molecule has 0 bridgehead atoms. The van der Waals surface area contributed by atoms with Crippen LogP contribution in [0.25, 0.3) is 0 Å². The van der Waals surface area contributed by atoms with E-state index < -0.39 is 0 Å². The Labute approximate surface area is 150 Å². The molecule has 120 valence electrons. The van der Waals surface area contributed by atoms with Gasteiger partial charge in [-0.25, -0.2) is 10.4 Å². The molecule has 2 aromatic carbocycles. The second-order valence-electron chi connectivity index (χ2n) is 5.03. The number of guanidine groups is 1. The van der Waals surface area contributed by atoms with Gasteiger partial charge in [0.2, 0.25) is 5.96 Å². The van der Waals surface area contributed by atoms with Crippen molar-refractivity contribution >= 4 is 35.4 Å². The van der Waals surface area contributed by atoms with E-state index in [4.69, 9.17) is 23.2 Å². The molecule has 0 unspecified atom stereocenters. The van der Waals surface area contributed by atoms with Gasteiger partial charge in [-0.05, 0) is 35.9 Å². The zero-order valence-electron chi connectivity index (χ0n) is 12.7. The van der Waals surface area contributed by atoms with Crippen molar-refractivity contribution in [1.29, 1.82) is 0 Å². The third-order valence-electron chi connectivity index (χ3n) is 3.24. The third kappa shape index (κ3) is 4.51. The van der Waals surface area contributed by atoms with E-state index in [0.717, 1.165) is 29.8 Å². The molecule has 6 heteroatoms. The molecule has 0 fully saturated rings. The summed E-state index contributed by atoms with van der Waals surface area (Å²) in [4.78, 5) is 4.19. The van der Waals surface area contributed by atoms with Crippen LogP contribution in [0.5, 0.6) is 0 Å². The maximum Gasteiger partial charge on any atom is 0.212 e. The smallest absolute Gasteiger partial charge is 0.212 e. The summed E-state index contributed by atoms with van der Waals surface area (Å²) >= 11 is 11.9. The molecule has 0 aromatic heterocycles. The summed E-state index contributed by atoms with van der Waals surface area (Å²) in [6.07, 6.45) is 1.73. The van der Waals surface area contributed by atoms with Crippen LogP contribution >= 0.6 is 23.2 Å². The molecule has 0 amide bonds. The molecule has 3 rings (SSSR count). The average Bonchev–Trinajstić information content (AvgIpc) is 3.10. The Balaban J connectivity index is 1.63. The fourth-order valence-electron chi connectivity index (χ4n) is 2.01. The van der Waals surface area contributed by atoms with Gasteiger partial charge in [-0.2, -0.15) is 5.10 Å². The molecule has 2 N–H and O–H groups in total. The number of aliphatic imine (C=N–C) groups is 1. The lowest BCUT2D eigenvalue weighted by atomic mass is 10.1. The molecule has 0 radical (unpaired) electrons. The number of rotatable bonds is 2. The van der Waals surface area contributed by atoms with E-state index in [2.05, 4.69) is 32.7 Å². The maximum atomic E-state index is 5.98. The molecule has 1 heterocycles. The van der Waals surface area contributed by atoms with E-state index in [-0.39, 0.29) is 0 Å². The van der Waals surface area contributed by atoms with Crippen LogP contribution in [0.15, 0.2) is 52.6 Å². The van der Waals surface area contributed by atoms with Gasteiger partial charge in [-0.3, -0.25) is 0 Å². The van der Waals surface area contributed by atoms with Gasteiger partial charge >= 0.3 is 0 Å². The number of nitrogens with one attached hydrogen (secondary N) is 2. The van der Waals surface area contributed by atoms with Crippen molar-refractivity contribution < 1.29 is 0 Å². The van der Waals surface area contributed by atoms with Gasteiger partial charge in [0.05, 0.1) is 22.8 Å². The molecule has 2 aromatic rings. The fourth-order valence-corrected chi connectivity index (χ4v) is 2.31. The Morgan fingerprint density at radius 1 is 1.04 bits per heavy atom. The molecule has 0 saturated carbocycles. The first-order valence-corrected chi connectivity index (χ1v) is 8.11. The van der Waals surface area contributed by atoms with Crippen molar-refractivity contribution in [3.05, 3.63) is 69.2 Å². The fraction of sp³-hybridized carbons (Fsp3) is 0.111. The van der Waals surface area contributed by atoms with E-state index >= 15 is 0 Å². The molecule has 0 aliphatic carbocycles. The van der Waals surface area contributed by atoms with E-state index in [1.54, 1.807) is 18.3 Å². The number of nitrogens with zero attached hydrogens (tertiary/aromatic N) is 2. The van der Waals surface area contributed by atoms with Gasteiger partial charge in [0.1, 0.15) is 0 Å². The molecule has 1 aliphatic rings. The summed E-state index contributed by atoms with van der Waals surface area (Å²) in [6.45, 7) is 1.63. The van der Waals surface area contributed by atoms with Crippen LogP contribution in [-0.2, 0) is 0 Å². The zero-order valence-corrected chi connectivity index (χ0v) is 14.2. The largest absolute Gasteiger partial charge is 0.353 e. The first kappa shape index (κ1) is 16.4. The maximum absolute atomic E-state index is 5.98. The number of halogens is 2. The number of hydrogen-bond donors (Lipinski definition) is 2. The minimum Gasteiger partial charge on any atom is -0.353 e. The minimum absolute atomic E-state index is 0.504. The summed E-state index contributed by atoms with van der Waals surface area (Å²) in [5.74, 6) is 6.86. The summed E-state index contributed by atoms with van der Waals surface area (Å²) in [5.41, 5.74) is 5.56. The normalized spacial score (nSPS) is 13.2. The van der Waals surface area contributed by atoms with Crippen molar-refractivity contribution in [2.45, 2.75) is 0 Å². The average molecular weight is 357 g/mol. The first-order chi connectivity index (χ1) is 11.7. The number of hydrogen-bond acceptors (Lipinski definition) is 4. The summed E-state index contributed by atoms with van der Waals surface area (Å²) in [7, 11) is 0. The quantitative estimate of drug-likeness (QED) is 0.492. The second-order valence-corrected chi connectivity index (χ2v) is 5.84. The first-order valence-electron chi connectivity index (χ1n) is 7.35. The Morgan fingerprint density at radius 2 is 1.79 bits per heavy atom. The summed E-state index contributed by atoms with van der Waals surface area (Å²) < 4.78 is 0. The van der Waals surface area contributed by atoms with Gasteiger partial charge in [0.15, 0.2) is 0 Å². The van der Waals surface area contributed by atoms with Gasteiger partial charge in [-0.15, -0.1) is 0 Å². The topological polar surface area (TPSA) is 48.8 Å².